The first-order chi connectivity index (χ1) is 10.0. The summed E-state index contributed by atoms with van der Waals surface area (Å²) in [6, 6.07) is 10.3. The largest absolute Gasteiger partial charge is 0.398 e. The Labute approximate surface area is 121 Å². The number of aryl methyl sites for hydroxylation is 2. The number of hydrogen-bond donors (Lipinski definition) is 1. The van der Waals surface area contributed by atoms with Crippen LogP contribution in [0.2, 0.25) is 0 Å². The Morgan fingerprint density at radius 2 is 1.76 bits per heavy atom. The van der Waals surface area contributed by atoms with Crippen molar-refractivity contribution < 1.29 is 8.91 Å². The fraction of sp³-hybridized carbons (Fsp3) is 0.125. The van der Waals surface area contributed by atoms with Crippen molar-refractivity contribution in [2.75, 3.05) is 5.73 Å². The Hall–Kier alpha value is -2.69. The van der Waals surface area contributed by atoms with Crippen LogP contribution in [-0.2, 0) is 0 Å². The Morgan fingerprint density at radius 3 is 2.48 bits per heavy atom. The monoisotopic (exact) mass is 283 g/mol. The van der Waals surface area contributed by atoms with Gasteiger partial charge in [-0.2, -0.15) is 4.98 Å². The summed E-state index contributed by atoms with van der Waals surface area (Å²) in [4.78, 5) is 4.34. The van der Waals surface area contributed by atoms with Gasteiger partial charge < -0.3 is 10.3 Å². The number of benzene rings is 2. The molecular weight excluding hydrogens is 269 g/mol. The van der Waals surface area contributed by atoms with E-state index in [4.69, 9.17) is 10.3 Å². The van der Waals surface area contributed by atoms with E-state index < -0.39 is 0 Å². The first kappa shape index (κ1) is 13.3. The summed E-state index contributed by atoms with van der Waals surface area (Å²) in [7, 11) is 0. The number of nitrogens with zero attached hydrogens (tertiary/aromatic N) is 2. The highest BCUT2D eigenvalue weighted by Crippen LogP contribution is 2.25. The van der Waals surface area contributed by atoms with Crippen molar-refractivity contribution >= 4 is 5.69 Å². The smallest absolute Gasteiger partial charge is 0.258 e. The lowest BCUT2D eigenvalue weighted by molar-refractivity contribution is 0.432. The molecule has 3 aromatic rings. The van der Waals surface area contributed by atoms with E-state index in [1.165, 1.54) is 6.07 Å². The van der Waals surface area contributed by atoms with Crippen LogP contribution in [0, 0.1) is 19.7 Å². The van der Waals surface area contributed by atoms with Crippen molar-refractivity contribution in [2.45, 2.75) is 13.8 Å². The highest BCUT2D eigenvalue weighted by Gasteiger charge is 2.12. The quantitative estimate of drug-likeness (QED) is 0.727. The molecule has 4 nitrogen and oxygen atoms in total. The summed E-state index contributed by atoms with van der Waals surface area (Å²) in [6.07, 6.45) is 0. The molecule has 0 spiro atoms. The summed E-state index contributed by atoms with van der Waals surface area (Å²) in [5, 5.41) is 3.94. The van der Waals surface area contributed by atoms with Crippen LogP contribution in [0.3, 0.4) is 0 Å². The van der Waals surface area contributed by atoms with Crippen LogP contribution in [0.25, 0.3) is 22.8 Å². The third kappa shape index (κ3) is 2.50. The molecule has 0 radical (unpaired) electrons. The van der Waals surface area contributed by atoms with E-state index in [9.17, 15) is 4.39 Å². The first-order valence-electron chi connectivity index (χ1n) is 6.51. The molecule has 3 rings (SSSR count). The number of hydrogen-bond acceptors (Lipinski definition) is 4. The molecule has 0 bridgehead atoms. The van der Waals surface area contributed by atoms with Gasteiger partial charge in [-0.05, 0) is 55.3 Å². The molecular formula is C16H14FN3O. The number of rotatable bonds is 2. The van der Waals surface area contributed by atoms with Crippen LogP contribution >= 0.6 is 0 Å². The van der Waals surface area contributed by atoms with E-state index in [2.05, 4.69) is 10.1 Å². The topological polar surface area (TPSA) is 64.9 Å². The minimum Gasteiger partial charge on any atom is -0.398 e. The zero-order valence-electron chi connectivity index (χ0n) is 11.7. The molecule has 0 aliphatic rings. The van der Waals surface area contributed by atoms with E-state index in [1.54, 1.807) is 25.1 Å². The highest BCUT2D eigenvalue weighted by molar-refractivity contribution is 5.65. The summed E-state index contributed by atoms with van der Waals surface area (Å²) < 4.78 is 18.5. The van der Waals surface area contributed by atoms with Gasteiger partial charge >= 0.3 is 0 Å². The van der Waals surface area contributed by atoms with E-state index in [0.717, 1.165) is 11.1 Å². The minimum absolute atomic E-state index is 0.256. The van der Waals surface area contributed by atoms with Crippen LogP contribution in [0.5, 0.6) is 0 Å². The summed E-state index contributed by atoms with van der Waals surface area (Å²) in [6.45, 7) is 3.63. The Morgan fingerprint density at radius 1 is 1.00 bits per heavy atom. The van der Waals surface area contributed by atoms with Gasteiger partial charge in [-0.25, -0.2) is 4.39 Å². The second kappa shape index (κ2) is 5.01. The first-order valence-corrected chi connectivity index (χ1v) is 6.51. The number of aromatic nitrogens is 2. The van der Waals surface area contributed by atoms with Crippen LogP contribution in [0.1, 0.15) is 11.1 Å². The zero-order chi connectivity index (χ0) is 15.0. The molecule has 0 fully saturated rings. The van der Waals surface area contributed by atoms with Gasteiger partial charge in [0.05, 0.1) is 0 Å². The van der Waals surface area contributed by atoms with Crippen molar-refractivity contribution in [3.05, 3.63) is 53.3 Å². The van der Waals surface area contributed by atoms with Crippen molar-refractivity contribution in [1.82, 2.24) is 10.1 Å². The van der Waals surface area contributed by atoms with E-state index in [1.807, 2.05) is 19.1 Å². The summed E-state index contributed by atoms with van der Waals surface area (Å²) >= 11 is 0. The molecule has 2 aromatic carbocycles. The maximum absolute atomic E-state index is 13.3. The Kier molecular flexibility index (Phi) is 3.17. The third-order valence-electron chi connectivity index (χ3n) is 3.37. The average molecular weight is 283 g/mol. The molecule has 0 saturated heterocycles. The maximum Gasteiger partial charge on any atom is 0.258 e. The standard InChI is InChI=1S/C16H14FN3O/c1-9-3-4-12(8-14(9)18)16-19-15(20-21-16)11-5-6-13(17)10(2)7-11/h3-8H,18H2,1-2H3. The molecule has 106 valence electrons. The van der Waals surface area contributed by atoms with Gasteiger partial charge in [0, 0.05) is 16.8 Å². The van der Waals surface area contributed by atoms with Gasteiger partial charge in [0.15, 0.2) is 0 Å². The molecule has 0 unspecified atom stereocenters. The SMILES string of the molecule is Cc1ccc(-c2nc(-c3ccc(F)c(C)c3)no2)cc1N. The van der Waals surface area contributed by atoms with Crippen LogP contribution < -0.4 is 5.73 Å². The van der Waals surface area contributed by atoms with E-state index >= 15 is 0 Å². The lowest BCUT2D eigenvalue weighted by Crippen LogP contribution is -1.90. The normalized spacial score (nSPS) is 10.8. The molecule has 0 saturated carbocycles. The van der Waals surface area contributed by atoms with Crippen LogP contribution in [-0.4, -0.2) is 10.1 Å². The lowest BCUT2D eigenvalue weighted by atomic mass is 10.1. The molecule has 0 aliphatic carbocycles. The van der Waals surface area contributed by atoms with Gasteiger partial charge in [0.2, 0.25) is 5.82 Å². The number of nitrogen functional groups attached to an aromatic ring is 1. The van der Waals surface area contributed by atoms with Crippen molar-refractivity contribution in [3.8, 4) is 22.8 Å². The number of halogens is 1. The fourth-order valence-electron chi connectivity index (χ4n) is 2.02. The summed E-state index contributed by atoms with van der Waals surface area (Å²) in [5.74, 6) is 0.555. The molecule has 2 N–H and O–H groups in total. The molecule has 1 heterocycles. The Bertz CT molecular complexity index is 745. The van der Waals surface area contributed by atoms with Gasteiger partial charge in [-0.1, -0.05) is 11.2 Å². The second-order valence-electron chi connectivity index (χ2n) is 4.96. The molecule has 0 atom stereocenters. The van der Waals surface area contributed by atoms with E-state index in [0.29, 0.717) is 28.5 Å². The molecule has 21 heavy (non-hydrogen) atoms. The van der Waals surface area contributed by atoms with Crippen molar-refractivity contribution in [3.63, 3.8) is 0 Å². The lowest BCUT2D eigenvalue weighted by Gasteiger charge is -2.00. The van der Waals surface area contributed by atoms with Gasteiger partial charge in [-0.15, -0.1) is 0 Å². The van der Waals surface area contributed by atoms with Crippen LogP contribution in [0.4, 0.5) is 10.1 Å². The molecule has 0 aliphatic heterocycles. The highest BCUT2D eigenvalue weighted by atomic mass is 19.1. The second-order valence-corrected chi connectivity index (χ2v) is 4.96. The molecule has 5 heteroatoms. The average Bonchev–Trinajstić information content (AvgIpc) is 2.94. The van der Waals surface area contributed by atoms with Gasteiger partial charge in [0.25, 0.3) is 5.89 Å². The summed E-state index contributed by atoms with van der Waals surface area (Å²) in [5.41, 5.74) is 9.56. The Balaban J connectivity index is 1.99. The van der Waals surface area contributed by atoms with Crippen molar-refractivity contribution in [1.29, 1.82) is 0 Å². The number of anilines is 1. The predicted octanol–water partition coefficient (Wildman–Crippen LogP) is 3.74. The van der Waals surface area contributed by atoms with Gasteiger partial charge in [-0.3, -0.25) is 0 Å². The van der Waals surface area contributed by atoms with Crippen LogP contribution in [0.15, 0.2) is 40.9 Å². The molecule has 1 aromatic heterocycles. The van der Waals surface area contributed by atoms with E-state index in [-0.39, 0.29) is 5.82 Å². The maximum atomic E-state index is 13.3. The fourth-order valence-corrected chi connectivity index (χ4v) is 2.02. The predicted molar refractivity (Wildman–Crippen MR) is 79.0 cm³/mol. The molecule has 0 amide bonds. The third-order valence-corrected chi connectivity index (χ3v) is 3.37. The van der Waals surface area contributed by atoms with Crippen molar-refractivity contribution in [2.24, 2.45) is 0 Å². The number of nitrogens with two attached hydrogens (primary N) is 1. The minimum atomic E-state index is -0.256. The zero-order valence-corrected chi connectivity index (χ0v) is 11.7. The van der Waals surface area contributed by atoms with Gasteiger partial charge in [0.1, 0.15) is 5.82 Å².